The number of nitrogens with one attached hydrogen (secondary N) is 1. The Hall–Kier alpha value is -2.60. The molecule has 0 aliphatic rings. The van der Waals surface area contributed by atoms with E-state index in [0.29, 0.717) is 16.3 Å². The molecule has 0 unspecified atom stereocenters. The molecule has 0 radical (unpaired) electrons. The zero-order valence-corrected chi connectivity index (χ0v) is 12.8. The van der Waals surface area contributed by atoms with Gasteiger partial charge < -0.3 is 0 Å². The number of carbonyl (C=O) groups is 1. The third-order valence-electron chi connectivity index (χ3n) is 3.22. The lowest BCUT2D eigenvalue weighted by Crippen LogP contribution is -2.35. The number of halogens is 1. The van der Waals surface area contributed by atoms with Gasteiger partial charge in [0.05, 0.1) is 0 Å². The molecule has 0 aliphatic heterocycles. The van der Waals surface area contributed by atoms with Crippen molar-refractivity contribution in [1.82, 2.24) is 5.43 Å². The third-order valence-corrected chi connectivity index (χ3v) is 3.75. The van der Waals surface area contributed by atoms with Gasteiger partial charge in [0.2, 0.25) is 10.9 Å². The molecule has 3 rings (SSSR count). The van der Waals surface area contributed by atoms with Crippen LogP contribution in [-0.4, -0.2) is 5.91 Å². The summed E-state index contributed by atoms with van der Waals surface area (Å²) in [5.41, 5.74) is 1.68. The molecule has 1 N–H and O–H groups in total. The molecule has 0 aromatic heterocycles. The summed E-state index contributed by atoms with van der Waals surface area (Å²) in [4.78, 5) is 36.1. The molecule has 0 atom stereocenters. The van der Waals surface area contributed by atoms with Gasteiger partial charge in [0.1, 0.15) is 0 Å². The average molecular weight is 357 g/mol. The first-order valence-electron chi connectivity index (χ1n) is 6.40. The summed E-state index contributed by atoms with van der Waals surface area (Å²) in [7, 11) is 0. The third kappa shape index (κ3) is 2.48. The summed E-state index contributed by atoms with van der Waals surface area (Å²) in [6.07, 6.45) is 0. The summed E-state index contributed by atoms with van der Waals surface area (Å²) < 4.78 is 0.840. The molecule has 0 fully saturated rings. The van der Waals surface area contributed by atoms with Gasteiger partial charge in [-0.3, -0.25) is 14.4 Å². The zero-order chi connectivity index (χ0) is 15.7. The van der Waals surface area contributed by atoms with E-state index in [1.165, 1.54) is 0 Å². The van der Waals surface area contributed by atoms with Crippen LogP contribution in [0.2, 0.25) is 0 Å². The molecule has 5 nitrogen and oxygen atoms in total. The second kappa shape index (κ2) is 5.65. The van der Waals surface area contributed by atoms with Crippen molar-refractivity contribution in [2.45, 2.75) is 0 Å². The Kier molecular flexibility index (Phi) is 3.68. The molecule has 3 aromatic carbocycles. The zero-order valence-electron chi connectivity index (χ0n) is 11.2. The van der Waals surface area contributed by atoms with E-state index < -0.39 is 16.8 Å². The van der Waals surface area contributed by atoms with Gasteiger partial charge in [0, 0.05) is 20.8 Å². The van der Waals surface area contributed by atoms with E-state index in [1.54, 1.807) is 48.5 Å². The quantitative estimate of drug-likeness (QED) is 0.706. The SMILES string of the molecule is O=C(NN=c1c(=O)c2ccccc2c1=O)c1ccc(Br)cc1. The number of fused-ring (bicyclic) bond motifs is 1. The number of rotatable bonds is 2. The first-order valence-corrected chi connectivity index (χ1v) is 7.19. The lowest BCUT2D eigenvalue weighted by Gasteiger charge is -1.98. The van der Waals surface area contributed by atoms with E-state index in [9.17, 15) is 14.4 Å². The highest BCUT2D eigenvalue weighted by Crippen LogP contribution is 2.10. The number of hydrogen-bond donors (Lipinski definition) is 1. The summed E-state index contributed by atoms with van der Waals surface area (Å²) in [6.45, 7) is 0. The molecule has 6 heteroatoms. The Bertz CT molecular complexity index is 966. The van der Waals surface area contributed by atoms with Crippen molar-refractivity contribution in [3.05, 3.63) is 84.4 Å². The van der Waals surface area contributed by atoms with Gasteiger partial charge in [0.25, 0.3) is 5.91 Å². The molecule has 0 spiro atoms. The van der Waals surface area contributed by atoms with Crippen LogP contribution >= 0.6 is 15.9 Å². The van der Waals surface area contributed by atoms with Crippen LogP contribution in [0.4, 0.5) is 0 Å². The second-order valence-electron chi connectivity index (χ2n) is 4.61. The van der Waals surface area contributed by atoms with Gasteiger partial charge >= 0.3 is 0 Å². The summed E-state index contributed by atoms with van der Waals surface area (Å²) in [5.74, 6) is -0.489. The second-order valence-corrected chi connectivity index (χ2v) is 5.53. The Balaban J connectivity index is 2.00. The van der Waals surface area contributed by atoms with Crippen LogP contribution in [0.3, 0.4) is 0 Å². The highest BCUT2D eigenvalue weighted by atomic mass is 79.9. The van der Waals surface area contributed by atoms with Crippen molar-refractivity contribution < 1.29 is 4.79 Å². The van der Waals surface area contributed by atoms with E-state index in [4.69, 9.17) is 0 Å². The van der Waals surface area contributed by atoms with E-state index in [0.717, 1.165) is 4.47 Å². The van der Waals surface area contributed by atoms with Crippen LogP contribution in [0, 0.1) is 0 Å². The minimum absolute atomic E-state index is 0.272. The molecule has 0 bridgehead atoms. The minimum Gasteiger partial charge on any atom is -0.287 e. The van der Waals surface area contributed by atoms with E-state index in [2.05, 4.69) is 26.5 Å². The Labute approximate surface area is 132 Å². The summed E-state index contributed by atoms with van der Waals surface area (Å²) in [5, 5.41) is 4.05. The predicted molar refractivity (Wildman–Crippen MR) is 86.0 cm³/mol. The maximum atomic E-state index is 12.1. The van der Waals surface area contributed by atoms with Gasteiger partial charge in [-0.05, 0) is 24.3 Å². The van der Waals surface area contributed by atoms with Crippen molar-refractivity contribution >= 4 is 32.6 Å². The van der Waals surface area contributed by atoms with Crippen LogP contribution in [0.15, 0.2) is 67.7 Å². The maximum Gasteiger partial charge on any atom is 0.271 e. The van der Waals surface area contributed by atoms with Crippen molar-refractivity contribution in [1.29, 1.82) is 0 Å². The normalized spacial score (nSPS) is 10.6. The first-order chi connectivity index (χ1) is 10.6. The van der Waals surface area contributed by atoms with Crippen molar-refractivity contribution in [3.63, 3.8) is 0 Å². The standard InChI is InChI=1S/C16H9BrN2O3/c17-10-7-5-9(6-8-10)16(22)19-18-13-14(20)11-3-1-2-4-12(11)15(13)21/h1-8H,(H,19,22). The highest BCUT2D eigenvalue weighted by Gasteiger charge is 2.10. The number of nitrogens with zero attached hydrogens (tertiary/aromatic N) is 1. The molecule has 0 saturated carbocycles. The monoisotopic (exact) mass is 356 g/mol. The smallest absolute Gasteiger partial charge is 0.271 e. The highest BCUT2D eigenvalue weighted by molar-refractivity contribution is 9.10. The Morgan fingerprint density at radius 1 is 0.909 bits per heavy atom. The number of hydrogen-bond acceptors (Lipinski definition) is 4. The van der Waals surface area contributed by atoms with Gasteiger partial charge in [0.15, 0.2) is 5.36 Å². The summed E-state index contributed by atoms with van der Waals surface area (Å²) >= 11 is 3.27. The van der Waals surface area contributed by atoms with Gasteiger partial charge in [-0.2, -0.15) is 5.10 Å². The number of carbonyl (C=O) groups excluding carboxylic acids is 1. The molecule has 3 aromatic rings. The number of amides is 1. The largest absolute Gasteiger partial charge is 0.287 e. The molecular weight excluding hydrogens is 348 g/mol. The van der Waals surface area contributed by atoms with Crippen LogP contribution < -0.4 is 21.6 Å². The average Bonchev–Trinajstić information content (AvgIpc) is 2.78. The molecular formula is C16H9BrN2O3. The topological polar surface area (TPSA) is 75.6 Å². The van der Waals surface area contributed by atoms with E-state index in [-0.39, 0.29) is 5.36 Å². The number of benzene rings is 2. The first kappa shape index (κ1) is 14.3. The van der Waals surface area contributed by atoms with E-state index >= 15 is 0 Å². The molecule has 0 saturated heterocycles. The van der Waals surface area contributed by atoms with Crippen LogP contribution in [0.25, 0.3) is 10.8 Å². The molecule has 108 valence electrons. The molecule has 0 aliphatic carbocycles. The van der Waals surface area contributed by atoms with E-state index in [1.807, 2.05) is 0 Å². The predicted octanol–water partition coefficient (Wildman–Crippen LogP) is 1.44. The Morgan fingerprint density at radius 3 is 2.00 bits per heavy atom. The molecule has 22 heavy (non-hydrogen) atoms. The van der Waals surface area contributed by atoms with Crippen LogP contribution in [0.5, 0.6) is 0 Å². The molecule has 1 amide bonds. The summed E-state index contributed by atoms with van der Waals surface area (Å²) in [6, 6.07) is 13.1. The van der Waals surface area contributed by atoms with Crippen molar-refractivity contribution in [3.8, 4) is 0 Å². The molecule has 0 heterocycles. The van der Waals surface area contributed by atoms with Crippen LogP contribution in [-0.2, 0) is 0 Å². The van der Waals surface area contributed by atoms with Crippen molar-refractivity contribution in [2.24, 2.45) is 5.10 Å². The minimum atomic E-state index is -0.489. The van der Waals surface area contributed by atoms with Gasteiger partial charge in [-0.25, -0.2) is 5.43 Å². The van der Waals surface area contributed by atoms with Crippen LogP contribution in [0.1, 0.15) is 10.4 Å². The Morgan fingerprint density at radius 2 is 1.45 bits per heavy atom. The van der Waals surface area contributed by atoms with Gasteiger partial charge in [-0.15, -0.1) is 0 Å². The van der Waals surface area contributed by atoms with Gasteiger partial charge in [-0.1, -0.05) is 40.2 Å². The fourth-order valence-corrected chi connectivity index (χ4v) is 2.38. The lowest BCUT2D eigenvalue weighted by molar-refractivity contribution is 0.0953. The lowest BCUT2D eigenvalue weighted by atomic mass is 10.2. The fourth-order valence-electron chi connectivity index (χ4n) is 2.11. The maximum absolute atomic E-state index is 12.1. The van der Waals surface area contributed by atoms with Crippen molar-refractivity contribution in [2.75, 3.05) is 0 Å². The fraction of sp³-hybridized carbons (Fsp3) is 0.